The number of rotatable bonds is 5. The molecule has 0 N–H and O–H groups in total. The van der Waals surface area contributed by atoms with Gasteiger partial charge in [-0.2, -0.15) is 0 Å². The van der Waals surface area contributed by atoms with E-state index in [-0.39, 0.29) is 17.5 Å². The van der Waals surface area contributed by atoms with Crippen molar-refractivity contribution < 1.29 is 14.0 Å². The van der Waals surface area contributed by atoms with Crippen LogP contribution in [0.3, 0.4) is 0 Å². The van der Waals surface area contributed by atoms with Crippen molar-refractivity contribution in [1.29, 1.82) is 0 Å². The highest BCUT2D eigenvalue weighted by Crippen LogP contribution is 2.44. The number of pyridine rings is 1. The molecule has 5 heteroatoms. The first-order valence-electron chi connectivity index (χ1n) is 10.7. The van der Waals surface area contributed by atoms with E-state index in [9.17, 15) is 14.0 Å². The summed E-state index contributed by atoms with van der Waals surface area (Å²) in [6.07, 6.45) is 5.22. The molecule has 2 fully saturated rings. The van der Waals surface area contributed by atoms with Gasteiger partial charge < -0.3 is 4.90 Å². The minimum absolute atomic E-state index is 0.0947. The summed E-state index contributed by atoms with van der Waals surface area (Å²) in [4.78, 5) is 30.3. The maximum Gasteiger partial charge on any atom is 0.272 e. The van der Waals surface area contributed by atoms with Crippen molar-refractivity contribution in [3.8, 4) is 11.1 Å². The fraction of sp³-hybridized carbons (Fsp3) is 0.269. The first-order valence-corrected chi connectivity index (χ1v) is 10.7. The number of carbonyl (C=O) groups excluding carboxylic acids is 2. The zero-order chi connectivity index (χ0) is 21.4. The quantitative estimate of drug-likeness (QED) is 0.539. The third-order valence-electron chi connectivity index (χ3n) is 6.36. The molecule has 1 amide bonds. The van der Waals surface area contributed by atoms with E-state index in [0.717, 1.165) is 30.0 Å². The summed E-state index contributed by atoms with van der Waals surface area (Å²) in [5.41, 5.74) is 5.52. The predicted octanol–water partition coefficient (Wildman–Crippen LogP) is 5.21. The molecule has 1 aliphatic heterocycles. The Labute approximate surface area is 180 Å². The summed E-state index contributed by atoms with van der Waals surface area (Å²) >= 11 is 0. The Morgan fingerprint density at radius 1 is 1.00 bits per heavy atom. The summed E-state index contributed by atoms with van der Waals surface area (Å²) in [5.74, 6) is 0.0577. The molecule has 2 heterocycles. The number of hydrogen-bond acceptors (Lipinski definition) is 3. The van der Waals surface area contributed by atoms with Crippen LogP contribution in [0.1, 0.15) is 63.1 Å². The average molecular weight is 414 g/mol. The van der Waals surface area contributed by atoms with Gasteiger partial charge in [-0.15, -0.1) is 0 Å². The molecular formula is C26H23FN2O2. The van der Waals surface area contributed by atoms with E-state index >= 15 is 0 Å². The summed E-state index contributed by atoms with van der Waals surface area (Å²) in [6, 6.07) is 17.2. The summed E-state index contributed by atoms with van der Waals surface area (Å²) in [5, 5.41) is 0. The fourth-order valence-electron chi connectivity index (χ4n) is 4.59. The molecule has 0 spiro atoms. The molecule has 1 saturated carbocycles. The van der Waals surface area contributed by atoms with Crippen LogP contribution in [0.4, 0.5) is 4.39 Å². The maximum atomic E-state index is 13.1. The standard InChI is InChI=1S/C26H23FN2O2/c27-21-8-10-25(28-14-21)26(31)29-12-11-19(15-29)22-9-7-18(13-20(22)16-30)24-4-2-1-3-23(24)17-5-6-17/h1-4,7-10,13-14,16-17,19H,5-6,11-12,15H2. The summed E-state index contributed by atoms with van der Waals surface area (Å²) in [7, 11) is 0. The van der Waals surface area contributed by atoms with Crippen molar-refractivity contribution in [2.24, 2.45) is 0 Å². The molecule has 1 unspecified atom stereocenters. The van der Waals surface area contributed by atoms with Gasteiger partial charge in [0.15, 0.2) is 0 Å². The van der Waals surface area contributed by atoms with Crippen LogP contribution in [0.15, 0.2) is 60.8 Å². The van der Waals surface area contributed by atoms with Crippen LogP contribution >= 0.6 is 0 Å². The maximum absolute atomic E-state index is 13.1. The number of aldehydes is 1. The van der Waals surface area contributed by atoms with Gasteiger partial charge in [0.25, 0.3) is 5.91 Å². The second-order valence-electron chi connectivity index (χ2n) is 8.42. The van der Waals surface area contributed by atoms with Crippen LogP contribution in [-0.2, 0) is 0 Å². The average Bonchev–Trinajstić information content (AvgIpc) is 3.55. The second kappa shape index (κ2) is 8.06. The van der Waals surface area contributed by atoms with Gasteiger partial charge in [0.2, 0.25) is 0 Å². The van der Waals surface area contributed by atoms with Gasteiger partial charge in [0, 0.05) is 24.6 Å². The van der Waals surface area contributed by atoms with Crippen molar-refractivity contribution >= 4 is 12.2 Å². The van der Waals surface area contributed by atoms with E-state index in [0.29, 0.717) is 24.6 Å². The third-order valence-corrected chi connectivity index (χ3v) is 6.36. The van der Waals surface area contributed by atoms with Gasteiger partial charge in [-0.1, -0.05) is 36.4 Å². The number of hydrogen-bond donors (Lipinski definition) is 0. The number of likely N-dealkylation sites (tertiary alicyclic amines) is 1. The Morgan fingerprint density at radius 2 is 1.84 bits per heavy atom. The molecule has 0 radical (unpaired) electrons. The van der Waals surface area contributed by atoms with Crippen LogP contribution in [0.5, 0.6) is 0 Å². The molecule has 1 atom stereocenters. The number of carbonyl (C=O) groups is 2. The van der Waals surface area contributed by atoms with E-state index < -0.39 is 5.82 Å². The van der Waals surface area contributed by atoms with Crippen LogP contribution < -0.4 is 0 Å². The van der Waals surface area contributed by atoms with E-state index in [1.54, 1.807) is 4.90 Å². The Balaban J connectivity index is 1.38. The lowest BCUT2D eigenvalue weighted by Crippen LogP contribution is -2.29. The Hall–Kier alpha value is -3.34. The molecule has 4 nitrogen and oxygen atoms in total. The minimum Gasteiger partial charge on any atom is -0.337 e. The lowest BCUT2D eigenvalue weighted by molar-refractivity contribution is 0.0785. The SMILES string of the molecule is O=Cc1cc(-c2ccccc2C2CC2)ccc1C1CCN(C(=O)c2ccc(F)cn2)C1. The monoisotopic (exact) mass is 414 g/mol. The van der Waals surface area contributed by atoms with Gasteiger partial charge in [0.1, 0.15) is 17.8 Å². The highest BCUT2D eigenvalue weighted by molar-refractivity contribution is 5.92. The minimum atomic E-state index is -0.463. The van der Waals surface area contributed by atoms with Crippen LogP contribution in [0.2, 0.25) is 0 Å². The predicted molar refractivity (Wildman–Crippen MR) is 117 cm³/mol. The van der Waals surface area contributed by atoms with Crippen molar-refractivity contribution in [3.05, 3.63) is 89.0 Å². The van der Waals surface area contributed by atoms with Crippen molar-refractivity contribution in [2.45, 2.75) is 31.1 Å². The van der Waals surface area contributed by atoms with Crippen molar-refractivity contribution in [3.63, 3.8) is 0 Å². The molecule has 31 heavy (non-hydrogen) atoms. The molecule has 156 valence electrons. The zero-order valence-electron chi connectivity index (χ0n) is 17.1. The topological polar surface area (TPSA) is 50.3 Å². The van der Waals surface area contributed by atoms with Gasteiger partial charge in [-0.05, 0) is 65.6 Å². The van der Waals surface area contributed by atoms with Crippen molar-refractivity contribution in [1.82, 2.24) is 9.88 Å². The summed E-state index contributed by atoms with van der Waals surface area (Å²) < 4.78 is 13.1. The van der Waals surface area contributed by atoms with Crippen LogP contribution in [-0.4, -0.2) is 35.2 Å². The number of benzene rings is 2. The molecule has 1 aromatic heterocycles. The van der Waals surface area contributed by atoms with E-state index in [1.165, 1.54) is 36.1 Å². The smallest absolute Gasteiger partial charge is 0.272 e. The number of nitrogens with zero attached hydrogens (tertiary/aromatic N) is 2. The molecule has 3 aromatic rings. The van der Waals surface area contributed by atoms with Crippen molar-refractivity contribution in [2.75, 3.05) is 13.1 Å². The second-order valence-corrected chi connectivity index (χ2v) is 8.42. The van der Waals surface area contributed by atoms with E-state index in [1.807, 2.05) is 18.2 Å². The number of halogens is 1. The normalized spacial score (nSPS) is 18.2. The Kier molecular flexibility index (Phi) is 5.10. The van der Waals surface area contributed by atoms with Crippen LogP contribution in [0, 0.1) is 5.82 Å². The first kappa shape index (κ1) is 19.6. The lowest BCUT2D eigenvalue weighted by Gasteiger charge is -2.18. The Morgan fingerprint density at radius 3 is 2.58 bits per heavy atom. The fourth-order valence-corrected chi connectivity index (χ4v) is 4.59. The molecule has 2 aliphatic rings. The lowest BCUT2D eigenvalue weighted by atomic mass is 9.89. The van der Waals surface area contributed by atoms with Crippen LogP contribution in [0.25, 0.3) is 11.1 Å². The number of amides is 1. The van der Waals surface area contributed by atoms with Gasteiger partial charge >= 0.3 is 0 Å². The zero-order valence-corrected chi connectivity index (χ0v) is 17.1. The van der Waals surface area contributed by atoms with E-state index in [4.69, 9.17) is 0 Å². The highest BCUT2D eigenvalue weighted by Gasteiger charge is 2.30. The molecule has 1 saturated heterocycles. The van der Waals surface area contributed by atoms with Gasteiger partial charge in [-0.3, -0.25) is 9.59 Å². The molecule has 1 aliphatic carbocycles. The largest absolute Gasteiger partial charge is 0.337 e. The third kappa shape index (κ3) is 3.88. The molecule has 2 aromatic carbocycles. The molecule has 5 rings (SSSR count). The van der Waals surface area contributed by atoms with E-state index in [2.05, 4.69) is 29.2 Å². The van der Waals surface area contributed by atoms with Gasteiger partial charge in [-0.25, -0.2) is 9.37 Å². The van der Waals surface area contributed by atoms with Gasteiger partial charge in [0.05, 0.1) is 6.20 Å². The molecular weight excluding hydrogens is 391 g/mol. The molecule has 0 bridgehead atoms. The first-order chi connectivity index (χ1) is 15.1. The Bertz CT molecular complexity index is 1140. The highest BCUT2D eigenvalue weighted by atomic mass is 19.1. The number of aromatic nitrogens is 1. The summed E-state index contributed by atoms with van der Waals surface area (Å²) in [6.45, 7) is 1.11.